The number of nitrogens with one attached hydrogen (secondary N) is 2. The van der Waals surface area contributed by atoms with Crippen molar-refractivity contribution in [3.8, 4) is 0 Å². The molecule has 1 saturated heterocycles. The summed E-state index contributed by atoms with van der Waals surface area (Å²) >= 11 is 5.79. The highest BCUT2D eigenvalue weighted by Crippen LogP contribution is 2.20. The van der Waals surface area contributed by atoms with Crippen LogP contribution in [0.3, 0.4) is 0 Å². The van der Waals surface area contributed by atoms with Gasteiger partial charge >= 0.3 is 11.8 Å². The lowest BCUT2D eigenvalue weighted by Gasteiger charge is -2.17. The minimum Gasteiger partial charge on any atom is -0.372 e. The number of hydrogen-bond acceptors (Lipinski definition) is 3. The molecule has 2 aromatic carbocycles. The molecule has 0 unspecified atom stereocenters. The average molecular weight is 386 g/mol. The molecule has 142 valence electrons. The van der Waals surface area contributed by atoms with E-state index in [-0.39, 0.29) is 0 Å². The van der Waals surface area contributed by atoms with E-state index in [9.17, 15) is 9.59 Å². The normalized spacial score (nSPS) is 13.4. The molecule has 1 aliphatic rings. The van der Waals surface area contributed by atoms with Gasteiger partial charge in [0.15, 0.2) is 0 Å². The molecular weight excluding hydrogens is 362 g/mol. The summed E-state index contributed by atoms with van der Waals surface area (Å²) in [5, 5.41) is 5.78. The molecule has 0 aliphatic carbocycles. The number of hydrogen-bond donors (Lipinski definition) is 2. The van der Waals surface area contributed by atoms with Crippen molar-refractivity contribution in [2.24, 2.45) is 0 Å². The van der Waals surface area contributed by atoms with E-state index >= 15 is 0 Å². The van der Waals surface area contributed by atoms with Crippen LogP contribution in [0.2, 0.25) is 5.02 Å². The van der Waals surface area contributed by atoms with Gasteiger partial charge in [0.2, 0.25) is 0 Å². The van der Waals surface area contributed by atoms with Crippen molar-refractivity contribution >= 4 is 34.8 Å². The highest BCUT2D eigenvalue weighted by Gasteiger charge is 2.13. The van der Waals surface area contributed by atoms with Crippen LogP contribution >= 0.6 is 11.6 Å². The van der Waals surface area contributed by atoms with Crippen LogP contribution in [0, 0.1) is 0 Å². The van der Waals surface area contributed by atoms with Crippen LogP contribution in [0.15, 0.2) is 48.5 Å². The molecule has 1 aliphatic heterocycles. The predicted molar refractivity (Wildman–Crippen MR) is 109 cm³/mol. The van der Waals surface area contributed by atoms with Gasteiger partial charge in [0.1, 0.15) is 0 Å². The van der Waals surface area contributed by atoms with Crippen molar-refractivity contribution in [2.45, 2.75) is 25.7 Å². The number of carbonyl (C=O) groups is 2. The molecule has 2 N–H and O–H groups in total. The SMILES string of the molecule is O=C(NCCCc1ccc(N2CCCC2)cc1)C(=O)Nc1ccc(Cl)cc1. The maximum Gasteiger partial charge on any atom is 0.313 e. The molecule has 27 heavy (non-hydrogen) atoms. The van der Waals surface area contributed by atoms with Crippen molar-refractivity contribution in [1.29, 1.82) is 0 Å². The summed E-state index contributed by atoms with van der Waals surface area (Å²) in [6, 6.07) is 15.2. The van der Waals surface area contributed by atoms with Gasteiger partial charge in [-0.1, -0.05) is 23.7 Å². The highest BCUT2D eigenvalue weighted by molar-refractivity contribution is 6.39. The summed E-state index contributed by atoms with van der Waals surface area (Å²) < 4.78 is 0. The minimum atomic E-state index is -0.674. The van der Waals surface area contributed by atoms with Gasteiger partial charge in [0.25, 0.3) is 0 Å². The Kier molecular flexibility index (Phi) is 6.71. The first-order valence-corrected chi connectivity index (χ1v) is 9.68. The van der Waals surface area contributed by atoms with E-state index in [1.165, 1.54) is 24.1 Å². The molecule has 0 aromatic heterocycles. The highest BCUT2D eigenvalue weighted by atomic mass is 35.5. The first kappa shape index (κ1) is 19.2. The number of rotatable bonds is 6. The first-order chi connectivity index (χ1) is 13.1. The van der Waals surface area contributed by atoms with Crippen LogP contribution in [0.4, 0.5) is 11.4 Å². The Morgan fingerprint density at radius 3 is 2.26 bits per heavy atom. The number of carbonyl (C=O) groups excluding carboxylic acids is 2. The van der Waals surface area contributed by atoms with E-state index in [1.54, 1.807) is 24.3 Å². The maximum absolute atomic E-state index is 11.9. The van der Waals surface area contributed by atoms with Gasteiger partial charge in [-0.25, -0.2) is 0 Å². The average Bonchev–Trinajstić information content (AvgIpc) is 3.22. The van der Waals surface area contributed by atoms with Crippen molar-refractivity contribution in [3.05, 3.63) is 59.1 Å². The molecule has 3 rings (SSSR count). The van der Waals surface area contributed by atoms with E-state index in [1.807, 2.05) is 0 Å². The van der Waals surface area contributed by atoms with Gasteiger partial charge < -0.3 is 15.5 Å². The second-order valence-electron chi connectivity index (χ2n) is 6.68. The van der Waals surface area contributed by atoms with Gasteiger partial charge in [-0.2, -0.15) is 0 Å². The summed E-state index contributed by atoms with van der Waals surface area (Å²) in [5.41, 5.74) is 3.05. The van der Waals surface area contributed by atoms with E-state index < -0.39 is 11.8 Å². The lowest BCUT2D eigenvalue weighted by atomic mass is 10.1. The molecule has 0 bridgehead atoms. The van der Waals surface area contributed by atoms with Crippen LogP contribution in [-0.2, 0) is 16.0 Å². The number of halogens is 1. The zero-order valence-corrected chi connectivity index (χ0v) is 16.0. The molecule has 5 nitrogen and oxygen atoms in total. The fourth-order valence-electron chi connectivity index (χ4n) is 3.14. The van der Waals surface area contributed by atoms with Crippen LogP contribution in [0.5, 0.6) is 0 Å². The van der Waals surface area contributed by atoms with Crippen molar-refractivity contribution in [3.63, 3.8) is 0 Å². The monoisotopic (exact) mass is 385 g/mol. The second kappa shape index (κ2) is 9.42. The standard InChI is InChI=1S/C21H24ClN3O2/c22-17-7-9-18(10-8-17)24-21(27)20(26)23-13-3-4-16-5-11-19(12-6-16)25-14-1-2-15-25/h5-12H,1-4,13-15H2,(H,23,26)(H,24,27). The van der Waals surface area contributed by atoms with Crippen LogP contribution in [0.25, 0.3) is 0 Å². The molecule has 0 saturated carbocycles. The Hall–Kier alpha value is -2.53. The Labute approximate surface area is 164 Å². The fraction of sp³-hybridized carbons (Fsp3) is 0.333. The van der Waals surface area contributed by atoms with Crippen LogP contribution < -0.4 is 15.5 Å². The lowest BCUT2D eigenvalue weighted by Crippen LogP contribution is -2.36. The second-order valence-corrected chi connectivity index (χ2v) is 7.12. The number of anilines is 2. The maximum atomic E-state index is 11.9. The lowest BCUT2D eigenvalue weighted by molar-refractivity contribution is -0.136. The van der Waals surface area contributed by atoms with Gasteiger partial charge in [-0.3, -0.25) is 9.59 Å². The molecule has 1 fully saturated rings. The first-order valence-electron chi connectivity index (χ1n) is 9.30. The van der Waals surface area contributed by atoms with E-state index in [0.717, 1.165) is 25.9 Å². The van der Waals surface area contributed by atoms with Crippen molar-refractivity contribution in [2.75, 3.05) is 29.9 Å². The molecule has 6 heteroatoms. The van der Waals surface area contributed by atoms with E-state index in [2.05, 4.69) is 39.8 Å². The third-order valence-electron chi connectivity index (χ3n) is 4.64. The zero-order chi connectivity index (χ0) is 19.1. The molecule has 0 atom stereocenters. The van der Waals surface area contributed by atoms with Gasteiger partial charge in [-0.05, 0) is 67.6 Å². The van der Waals surface area contributed by atoms with Crippen molar-refractivity contribution in [1.82, 2.24) is 5.32 Å². The minimum absolute atomic E-state index is 0.459. The van der Waals surface area contributed by atoms with Crippen molar-refractivity contribution < 1.29 is 9.59 Å². The smallest absolute Gasteiger partial charge is 0.313 e. The Bertz CT molecular complexity index is 769. The third kappa shape index (κ3) is 5.73. The largest absolute Gasteiger partial charge is 0.372 e. The summed E-state index contributed by atoms with van der Waals surface area (Å²) in [6.07, 6.45) is 4.18. The van der Waals surface area contributed by atoms with E-state index in [0.29, 0.717) is 17.3 Å². The van der Waals surface area contributed by atoms with Crippen LogP contribution in [-0.4, -0.2) is 31.4 Å². The predicted octanol–water partition coefficient (Wildman–Crippen LogP) is 3.63. The Morgan fingerprint density at radius 2 is 1.59 bits per heavy atom. The number of amides is 2. The summed E-state index contributed by atoms with van der Waals surface area (Å²) in [6.45, 7) is 2.74. The van der Waals surface area contributed by atoms with Crippen LogP contribution in [0.1, 0.15) is 24.8 Å². The molecule has 0 radical (unpaired) electrons. The number of nitrogens with zero attached hydrogens (tertiary/aromatic N) is 1. The molecular formula is C21H24ClN3O2. The summed E-state index contributed by atoms with van der Waals surface area (Å²) in [7, 11) is 0. The Balaban J connectivity index is 1.37. The molecule has 2 aromatic rings. The summed E-state index contributed by atoms with van der Waals surface area (Å²) in [4.78, 5) is 26.1. The number of aryl methyl sites for hydroxylation is 1. The Morgan fingerprint density at radius 1 is 0.926 bits per heavy atom. The molecule has 2 amide bonds. The van der Waals surface area contributed by atoms with Gasteiger partial charge in [0, 0.05) is 36.0 Å². The number of benzene rings is 2. The molecule has 1 heterocycles. The topological polar surface area (TPSA) is 61.4 Å². The molecule has 0 spiro atoms. The third-order valence-corrected chi connectivity index (χ3v) is 4.90. The van der Waals surface area contributed by atoms with Gasteiger partial charge in [0.05, 0.1) is 0 Å². The fourth-order valence-corrected chi connectivity index (χ4v) is 3.27. The van der Waals surface area contributed by atoms with Gasteiger partial charge in [-0.15, -0.1) is 0 Å². The zero-order valence-electron chi connectivity index (χ0n) is 15.2. The quantitative estimate of drug-likeness (QED) is 0.589. The summed E-state index contributed by atoms with van der Waals surface area (Å²) in [5.74, 6) is -1.30. The van der Waals surface area contributed by atoms with E-state index in [4.69, 9.17) is 11.6 Å².